The van der Waals surface area contributed by atoms with Gasteiger partial charge in [-0.25, -0.2) is 8.42 Å². The summed E-state index contributed by atoms with van der Waals surface area (Å²) in [6, 6.07) is 18.3. The maximum absolute atomic E-state index is 13.4. The van der Waals surface area contributed by atoms with Gasteiger partial charge < -0.3 is 14.6 Å². The molecule has 2 fully saturated rings. The van der Waals surface area contributed by atoms with Crippen molar-refractivity contribution < 1.29 is 36.6 Å². The number of ketones is 1. The third kappa shape index (κ3) is 4.70. The zero-order valence-corrected chi connectivity index (χ0v) is 21.8. The van der Waals surface area contributed by atoms with Crippen LogP contribution in [0.25, 0.3) is 11.1 Å². The number of benzene rings is 3. The summed E-state index contributed by atoms with van der Waals surface area (Å²) in [6.07, 6.45) is -0.911. The average molecular weight is 556 g/mol. The van der Waals surface area contributed by atoms with Gasteiger partial charge in [0.2, 0.25) is 10.0 Å². The van der Waals surface area contributed by atoms with Crippen LogP contribution in [0.4, 0.5) is 8.78 Å². The minimum Gasteiger partial charge on any atom is -0.395 e. The van der Waals surface area contributed by atoms with Crippen LogP contribution in [0.1, 0.15) is 36.8 Å². The molecular weight excluding hydrogens is 528 g/mol. The first-order valence-electron chi connectivity index (χ1n) is 12.9. The van der Waals surface area contributed by atoms with Crippen molar-refractivity contribution in [3.8, 4) is 22.6 Å². The van der Waals surface area contributed by atoms with E-state index in [0.29, 0.717) is 31.4 Å². The molecular formula is C29H27F2NO6S. The zero-order valence-electron chi connectivity index (χ0n) is 21.0. The first-order valence-corrected chi connectivity index (χ1v) is 14.3. The van der Waals surface area contributed by atoms with Crippen molar-refractivity contribution in [1.29, 1.82) is 0 Å². The fourth-order valence-electron chi connectivity index (χ4n) is 5.58. The standard InChI is InChI=1S/C29H27F2NO6S/c30-29(31)37-25-11-8-22(17-26(25)38-29)28(12-13-28)27(34)16-19-3-1-4-21(15-19)20-6-9-24(10-7-20)39(35,36)32-14-2-5-23(32)18-33/h1,3-4,6-11,15,17,23,33H,2,5,12-14,16,18H2/t23-/m1/s1. The molecule has 3 aliphatic rings. The lowest BCUT2D eigenvalue weighted by Crippen LogP contribution is -2.37. The summed E-state index contributed by atoms with van der Waals surface area (Å²) in [5.74, 6) is -0.122. The Hall–Kier alpha value is -3.34. The van der Waals surface area contributed by atoms with Crippen molar-refractivity contribution in [3.63, 3.8) is 0 Å². The summed E-state index contributed by atoms with van der Waals surface area (Å²) < 4.78 is 63.4. The highest BCUT2D eigenvalue weighted by Gasteiger charge is 2.52. The SMILES string of the molecule is O=C(Cc1cccc(-c2ccc(S(=O)(=O)N3CCC[C@@H]3CO)cc2)c1)C1(c2ccc3c(c2)OC(F)(F)O3)CC1. The second-order valence-corrected chi connectivity index (χ2v) is 12.2. The van der Waals surface area contributed by atoms with Crippen LogP contribution >= 0.6 is 0 Å². The number of sulfonamides is 1. The largest absolute Gasteiger partial charge is 0.586 e. The van der Waals surface area contributed by atoms with E-state index in [1.165, 1.54) is 16.4 Å². The lowest BCUT2D eigenvalue weighted by atomic mass is 9.87. The Morgan fingerprint density at radius 1 is 0.974 bits per heavy atom. The maximum atomic E-state index is 13.4. The van der Waals surface area contributed by atoms with Gasteiger partial charge in [-0.3, -0.25) is 4.79 Å². The van der Waals surface area contributed by atoms with Gasteiger partial charge in [0.15, 0.2) is 11.5 Å². The van der Waals surface area contributed by atoms with Crippen LogP contribution in [-0.4, -0.2) is 49.1 Å². The molecule has 6 rings (SSSR count). The number of halogens is 2. The maximum Gasteiger partial charge on any atom is 0.586 e. The molecule has 0 aromatic heterocycles. The molecule has 39 heavy (non-hydrogen) atoms. The lowest BCUT2D eigenvalue weighted by Gasteiger charge is -2.22. The van der Waals surface area contributed by atoms with Gasteiger partial charge in [-0.2, -0.15) is 4.31 Å². The van der Waals surface area contributed by atoms with E-state index in [9.17, 15) is 27.1 Å². The number of ether oxygens (including phenoxy) is 2. The molecule has 204 valence electrons. The molecule has 0 bridgehead atoms. The number of hydrogen-bond donors (Lipinski definition) is 1. The molecule has 10 heteroatoms. The molecule has 2 aliphatic heterocycles. The number of carbonyl (C=O) groups excluding carboxylic acids is 1. The van der Waals surface area contributed by atoms with E-state index in [-0.39, 0.29) is 35.2 Å². The number of nitrogens with zero attached hydrogens (tertiary/aromatic N) is 1. The molecule has 1 N–H and O–H groups in total. The van der Waals surface area contributed by atoms with E-state index in [4.69, 9.17) is 0 Å². The van der Waals surface area contributed by atoms with Crippen LogP contribution in [0.5, 0.6) is 11.5 Å². The predicted molar refractivity (Wildman–Crippen MR) is 138 cm³/mol. The second kappa shape index (κ2) is 9.39. The normalized spacial score (nSPS) is 21.2. The Balaban J connectivity index is 1.18. The van der Waals surface area contributed by atoms with E-state index < -0.39 is 27.8 Å². The Kier molecular flexibility index (Phi) is 6.24. The molecule has 0 radical (unpaired) electrons. The predicted octanol–water partition coefficient (Wildman–Crippen LogP) is 4.66. The van der Waals surface area contributed by atoms with E-state index >= 15 is 0 Å². The molecule has 3 aromatic rings. The van der Waals surface area contributed by atoms with Gasteiger partial charge in [0.1, 0.15) is 5.78 Å². The van der Waals surface area contributed by atoms with Crippen LogP contribution in [0, 0.1) is 0 Å². The highest BCUT2D eigenvalue weighted by molar-refractivity contribution is 7.89. The van der Waals surface area contributed by atoms with Gasteiger partial charge in [-0.15, -0.1) is 8.78 Å². The molecule has 0 amide bonds. The summed E-state index contributed by atoms with van der Waals surface area (Å²) >= 11 is 0. The number of hydrogen-bond acceptors (Lipinski definition) is 6. The van der Waals surface area contributed by atoms with Crippen LogP contribution < -0.4 is 9.47 Å². The summed E-state index contributed by atoms with van der Waals surface area (Å²) in [6.45, 7) is 0.195. The third-order valence-corrected chi connectivity index (χ3v) is 9.82. The molecule has 1 saturated heterocycles. The molecule has 3 aromatic carbocycles. The van der Waals surface area contributed by atoms with E-state index in [1.54, 1.807) is 30.3 Å². The number of Topliss-reactive ketones (excluding diaryl/α,β-unsaturated/α-hetero) is 1. The van der Waals surface area contributed by atoms with Crippen molar-refractivity contribution in [3.05, 3.63) is 77.9 Å². The van der Waals surface area contributed by atoms with Crippen LogP contribution in [-0.2, 0) is 26.7 Å². The Morgan fingerprint density at radius 3 is 2.44 bits per heavy atom. The van der Waals surface area contributed by atoms with Gasteiger partial charge >= 0.3 is 6.29 Å². The highest BCUT2D eigenvalue weighted by atomic mass is 32.2. The second-order valence-electron chi connectivity index (χ2n) is 10.3. The van der Waals surface area contributed by atoms with Gasteiger partial charge in [0.25, 0.3) is 0 Å². The summed E-state index contributed by atoms with van der Waals surface area (Å²) in [4.78, 5) is 13.6. The fourth-order valence-corrected chi connectivity index (χ4v) is 7.26. The summed E-state index contributed by atoms with van der Waals surface area (Å²) in [5, 5.41) is 9.53. The highest BCUT2D eigenvalue weighted by Crippen LogP contribution is 2.52. The first kappa shape index (κ1) is 25.9. The van der Waals surface area contributed by atoms with Crippen molar-refractivity contribution >= 4 is 15.8 Å². The topological polar surface area (TPSA) is 93.1 Å². The van der Waals surface area contributed by atoms with Crippen molar-refractivity contribution in [2.24, 2.45) is 0 Å². The van der Waals surface area contributed by atoms with Crippen molar-refractivity contribution in [1.82, 2.24) is 4.31 Å². The number of aliphatic hydroxyl groups excluding tert-OH is 1. The molecule has 1 aliphatic carbocycles. The lowest BCUT2D eigenvalue weighted by molar-refractivity contribution is -0.286. The van der Waals surface area contributed by atoms with E-state index in [1.807, 2.05) is 24.3 Å². The minimum absolute atomic E-state index is 0.00392. The average Bonchev–Trinajstić information content (AvgIpc) is 3.47. The Bertz CT molecular complexity index is 1540. The third-order valence-electron chi connectivity index (χ3n) is 7.86. The molecule has 0 unspecified atom stereocenters. The molecule has 1 saturated carbocycles. The summed E-state index contributed by atoms with van der Waals surface area (Å²) in [7, 11) is -3.70. The van der Waals surface area contributed by atoms with Gasteiger partial charge in [0, 0.05) is 19.0 Å². The smallest absolute Gasteiger partial charge is 0.395 e. The summed E-state index contributed by atoms with van der Waals surface area (Å²) in [5.41, 5.74) is 2.36. The number of fused-ring (bicyclic) bond motifs is 1. The van der Waals surface area contributed by atoms with Gasteiger partial charge in [-0.05, 0) is 72.2 Å². The zero-order chi connectivity index (χ0) is 27.4. The number of carbonyl (C=O) groups is 1. The van der Waals surface area contributed by atoms with Gasteiger partial charge in [-0.1, -0.05) is 42.5 Å². The van der Waals surface area contributed by atoms with Crippen LogP contribution in [0.15, 0.2) is 71.6 Å². The number of rotatable bonds is 8. The van der Waals surface area contributed by atoms with E-state index in [0.717, 1.165) is 23.1 Å². The minimum atomic E-state index is -3.71. The van der Waals surface area contributed by atoms with Crippen molar-refractivity contribution in [2.45, 2.75) is 54.8 Å². The van der Waals surface area contributed by atoms with Crippen LogP contribution in [0.3, 0.4) is 0 Å². The Morgan fingerprint density at radius 2 is 1.72 bits per heavy atom. The number of alkyl halides is 2. The Labute approximate surface area is 225 Å². The molecule has 2 heterocycles. The monoisotopic (exact) mass is 555 g/mol. The number of aliphatic hydroxyl groups is 1. The van der Waals surface area contributed by atoms with Crippen LogP contribution in [0.2, 0.25) is 0 Å². The van der Waals surface area contributed by atoms with Gasteiger partial charge in [0.05, 0.1) is 16.9 Å². The fraction of sp³-hybridized carbons (Fsp3) is 0.345. The van der Waals surface area contributed by atoms with Crippen molar-refractivity contribution in [2.75, 3.05) is 13.2 Å². The quantitative estimate of drug-likeness (QED) is 0.435. The first-order chi connectivity index (χ1) is 18.6. The molecule has 0 spiro atoms. The molecule has 7 nitrogen and oxygen atoms in total. The molecule has 1 atom stereocenters. The van der Waals surface area contributed by atoms with E-state index in [2.05, 4.69) is 9.47 Å².